The number of hydrogen-bond acceptors (Lipinski definition) is 5. The molecule has 0 saturated carbocycles. The lowest BCUT2D eigenvalue weighted by Gasteiger charge is -2.47. The summed E-state index contributed by atoms with van der Waals surface area (Å²) in [5, 5.41) is 4.09. The van der Waals surface area contributed by atoms with Gasteiger partial charge in [0.1, 0.15) is 5.76 Å². The summed E-state index contributed by atoms with van der Waals surface area (Å²) in [6.45, 7) is 2.46. The second-order valence-corrected chi connectivity index (χ2v) is 7.42. The molecule has 2 atom stereocenters. The number of likely N-dealkylation sites (tertiary alicyclic amines) is 2. The molecular formula is C18H26N4O3. The van der Waals surface area contributed by atoms with Crippen LogP contribution in [0.4, 0.5) is 0 Å². The third-order valence-electron chi connectivity index (χ3n) is 5.95. The van der Waals surface area contributed by atoms with Gasteiger partial charge in [-0.15, -0.1) is 0 Å². The fourth-order valence-electron chi connectivity index (χ4n) is 4.67. The van der Waals surface area contributed by atoms with Crippen molar-refractivity contribution in [1.29, 1.82) is 0 Å². The Morgan fingerprint density at radius 3 is 2.92 bits per heavy atom. The maximum Gasteiger partial charge on any atom is 0.276 e. The van der Waals surface area contributed by atoms with E-state index in [0.717, 1.165) is 49.8 Å². The highest BCUT2D eigenvalue weighted by Crippen LogP contribution is 2.32. The molecule has 2 N–H and O–H groups in total. The zero-order valence-electron chi connectivity index (χ0n) is 14.6. The molecule has 0 spiro atoms. The highest BCUT2D eigenvalue weighted by Gasteiger charge is 2.41. The number of hydrogen-bond donors (Lipinski definition) is 1. The first-order valence-electron chi connectivity index (χ1n) is 9.45. The van der Waals surface area contributed by atoms with Crippen molar-refractivity contribution in [2.45, 2.75) is 51.0 Å². The van der Waals surface area contributed by atoms with Gasteiger partial charge in [-0.25, -0.2) is 0 Å². The molecule has 25 heavy (non-hydrogen) atoms. The van der Waals surface area contributed by atoms with Gasteiger partial charge in [0.15, 0.2) is 5.69 Å². The molecule has 3 aliphatic rings. The van der Waals surface area contributed by atoms with Crippen LogP contribution in [-0.2, 0) is 17.6 Å². The summed E-state index contributed by atoms with van der Waals surface area (Å²) >= 11 is 0. The topological polar surface area (TPSA) is 92.7 Å². The molecule has 1 aromatic heterocycles. The van der Waals surface area contributed by atoms with E-state index in [-0.39, 0.29) is 17.9 Å². The van der Waals surface area contributed by atoms with Gasteiger partial charge < -0.3 is 20.1 Å². The zero-order valence-corrected chi connectivity index (χ0v) is 14.6. The summed E-state index contributed by atoms with van der Waals surface area (Å²) in [5.41, 5.74) is 7.20. The van der Waals surface area contributed by atoms with Crippen LogP contribution in [0.15, 0.2) is 4.52 Å². The van der Waals surface area contributed by atoms with Crippen LogP contribution in [-0.4, -0.2) is 59.0 Å². The Labute approximate surface area is 147 Å². The van der Waals surface area contributed by atoms with Gasteiger partial charge in [-0.05, 0) is 38.0 Å². The molecule has 1 aliphatic carbocycles. The van der Waals surface area contributed by atoms with E-state index in [1.807, 2.05) is 9.80 Å². The number of carbonyl (C=O) groups is 2. The molecule has 0 radical (unpaired) electrons. The summed E-state index contributed by atoms with van der Waals surface area (Å²) < 4.78 is 5.40. The molecule has 0 bridgehead atoms. The molecular weight excluding hydrogens is 320 g/mol. The van der Waals surface area contributed by atoms with Crippen molar-refractivity contribution in [2.24, 2.45) is 11.7 Å². The van der Waals surface area contributed by atoms with Gasteiger partial charge in [-0.1, -0.05) is 5.16 Å². The van der Waals surface area contributed by atoms with Crippen LogP contribution < -0.4 is 5.73 Å². The maximum atomic E-state index is 13.0. The fourth-order valence-corrected chi connectivity index (χ4v) is 4.67. The summed E-state index contributed by atoms with van der Waals surface area (Å²) in [5.74, 6) is 1.43. The molecule has 136 valence electrons. The molecule has 3 heterocycles. The van der Waals surface area contributed by atoms with Crippen molar-refractivity contribution < 1.29 is 14.1 Å². The van der Waals surface area contributed by atoms with Gasteiger partial charge in [-0.2, -0.15) is 0 Å². The number of aryl methyl sites for hydroxylation is 1. The van der Waals surface area contributed by atoms with E-state index in [1.165, 1.54) is 0 Å². The van der Waals surface area contributed by atoms with Crippen LogP contribution in [0.2, 0.25) is 0 Å². The number of piperidine rings is 2. The summed E-state index contributed by atoms with van der Waals surface area (Å²) in [6.07, 6.45) is 6.20. The maximum absolute atomic E-state index is 13.0. The summed E-state index contributed by atoms with van der Waals surface area (Å²) in [6, 6.07) is 0.222. The van der Waals surface area contributed by atoms with Crippen molar-refractivity contribution in [2.75, 3.05) is 26.2 Å². The van der Waals surface area contributed by atoms with Gasteiger partial charge in [-0.3, -0.25) is 9.59 Å². The van der Waals surface area contributed by atoms with Crippen LogP contribution >= 0.6 is 0 Å². The van der Waals surface area contributed by atoms with Crippen LogP contribution in [0.5, 0.6) is 0 Å². The van der Waals surface area contributed by atoms with E-state index in [9.17, 15) is 9.59 Å². The van der Waals surface area contributed by atoms with E-state index >= 15 is 0 Å². The average molecular weight is 346 g/mol. The number of aromatic nitrogens is 1. The highest BCUT2D eigenvalue weighted by molar-refractivity contribution is 5.94. The number of fused-ring (bicyclic) bond motifs is 2. The quantitative estimate of drug-likeness (QED) is 0.880. The van der Waals surface area contributed by atoms with Crippen LogP contribution in [0, 0.1) is 5.92 Å². The van der Waals surface area contributed by atoms with Gasteiger partial charge in [0.25, 0.3) is 5.91 Å². The minimum Gasteiger partial charge on any atom is -0.360 e. The standard InChI is InChI=1S/C18H26N4O3/c19-8-10-22-14-7-9-21(11-12(14)5-6-16(22)23)18(24)17-13-3-1-2-4-15(13)25-20-17/h12,14H,1-11,19H2/t12-,14+/m0/s1. The molecule has 2 amide bonds. The lowest BCUT2D eigenvalue weighted by atomic mass is 9.83. The summed E-state index contributed by atoms with van der Waals surface area (Å²) in [7, 11) is 0. The van der Waals surface area contributed by atoms with Crippen molar-refractivity contribution in [3.8, 4) is 0 Å². The monoisotopic (exact) mass is 346 g/mol. The third-order valence-corrected chi connectivity index (χ3v) is 5.95. The molecule has 2 fully saturated rings. The fraction of sp³-hybridized carbons (Fsp3) is 0.722. The predicted molar refractivity (Wildman–Crippen MR) is 90.9 cm³/mol. The molecule has 4 rings (SSSR count). The SMILES string of the molecule is NCCN1C(=O)CC[C@H]2CN(C(=O)c3noc4c3CCCC4)CC[C@H]21. The Morgan fingerprint density at radius 1 is 1.24 bits per heavy atom. The van der Waals surface area contributed by atoms with Crippen molar-refractivity contribution in [1.82, 2.24) is 15.0 Å². The van der Waals surface area contributed by atoms with E-state index in [1.54, 1.807) is 0 Å². The van der Waals surface area contributed by atoms with Gasteiger partial charge >= 0.3 is 0 Å². The molecule has 7 heteroatoms. The van der Waals surface area contributed by atoms with Crippen molar-refractivity contribution >= 4 is 11.8 Å². The van der Waals surface area contributed by atoms with Crippen LogP contribution in [0.3, 0.4) is 0 Å². The predicted octanol–water partition coefficient (Wildman–Crippen LogP) is 0.965. The average Bonchev–Trinajstić information content (AvgIpc) is 3.07. The van der Waals surface area contributed by atoms with Gasteiger partial charge in [0, 0.05) is 50.6 Å². The lowest BCUT2D eigenvalue weighted by Crippen LogP contribution is -2.57. The van der Waals surface area contributed by atoms with Gasteiger partial charge in [0.05, 0.1) is 0 Å². The number of nitrogens with two attached hydrogens (primary N) is 1. The largest absolute Gasteiger partial charge is 0.360 e. The Balaban J connectivity index is 1.48. The smallest absolute Gasteiger partial charge is 0.276 e. The molecule has 0 unspecified atom stereocenters. The zero-order chi connectivity index (χ0) is 17.4. The normalized spacial score (nSPS) is 26.4. The third kappa shape index (κ3) is 2.94. The number of nitrogens with zero attached hydrogens (tertiary/aromatic N) is 3. The van der Waals surface area contributed by atoms with Crippen LogP contribution in [0.1, 0.15) is 53.9 Å². The molecule has 7 nitrogen and oxygen atoms in total. The van der Waals surface area contributed by atoms with E-state index < -0.39 is 0 Å². The molecule has 2 aliphatic heterocycles. The van der Waals surface area contributed by atoms with E-state index in [4.69, 9.17) is 10.3 Å². The second kappa shape index (κ2) is 6.78. The molecule has 1 aromatic rings. The van der Waals surface area contributed by atoms with E-state index in [0.29, 0.717) is 44.2 Å². The lowest BCUT2D eigenvalue weighted by molar-refractivity contribution is -0.140. The molecule has 0 aromatic carbocycles. The first-order valence-corrected chi connectivity index (χ1v) is 9.45. The minimum absolute atomic E-state index is 0.00683. The number of rotatable bonds is 3. The Kier molecular flexibility index (Phi) is 4.50. The van der Waals surface area contributed by atoms with Crippen molar-refractivity contribution in [3.05, 3.63) is 17.0 Å². The number of amides is 2. The molecule has 2 saturated heterocycles. The summed E-state index contributed by atoms with van der Waals surface area (Å²) in [4.78, 5) is 29.0. The van der Waals surface area contributed by atoms with E-state index in [2.05, 4.69) is 5.16 Å². The van der Waals surface area contributed by atoms with Crippen LogP contribution in [0.25, 0.3) is 0 Å². The highest BCUT2D eigenvalue weighted by atomic mass is 16.5. The first-order chi connectivity index (χ1) is 12.2. The van der Waals surface area contributed by atoms with Crippen molar-refractivity contribution in [3.63, 3.8) is 0 Å². The Hall–Kier alpha value is -1.89. The Morgan fingerprint density at radius 2 is 2.08 bits per heavy atom. The minimum atomic E-state index is -0.00683. The first kappa shape index (κ1) is 16.6. The Bertz CT molecular complexity index is 671. The number of carbonyl (C=O) groups excluding carboxylic acids is 2. The van der Waals surface area contributed by atoms with Gasteiger partial charge in [0.2, 0.25) is 5.91 Å². The second-order valence-electron chi connectivity index (χ2n) is 7.42.